The number of hydrogen-bond acceptors (Lipinski definition) is 3. The molecule has 8 heteroatoms. The second-order valence-electron chi connectivity index (χ2n) is 6.50. The van der Waals surface area contributed by atoms with E-state index in [4.69, 9.17) is 23.2 Å². The van der Waals surface area contributed by atoms with E-state index < -0.39 is 11.7 Å². The molecule has 0 aliphatic carbocycles. The average molecular weight is 441 g/mol. The van der Waals surface area contributed by atoms with Gasteiger partial charge in [-0.05, 0) is 61.0 Å². The molecular weight excluding hydrogens is 426 g/mol. The van der Waals surface area contributed by atoms with Crippen LogP contribution in [0.15, 0.2) is 66.7 Å². The molecule has 1 heterocycles. The van der Waals surface area contributed by atoms with Crippen LogP contribution in [-0.2, 0) is 0 Å². The van der Waals surface area contributed by atoms with Crippen LogP contribution in [0.5, 0.6) is 0 Å². The number of hydrogen-bond donors (Lipinski definition) is 1. The van der Waals surface area contributed by atoms with Gasteiger partial charge in [0.2, 0.25) is 5.82 Å². The predicted molar refractivity (Wildman–Crippen MR) is 116 cm³/mol. The number of rotatable bonds is 4. The number of carbonyl (C=O) groups excluding carboxylic acids is 1. The minimum absolute atomic E-state index is 0.0471. The van der Waals surface area contributed by atoms with Gasteiger partial charge in [0, 0.05) is 15.6 Å². The van der Waals surface area contributed by atoms with Gasteiger partial charge in [-0.15, -0.1) is 5.10 Å². The molecule has 3 aromatic carbocycles. The Morgan fingerprint density at radius 2 is 1.73 bits per heavy atom. The summed E-state index contributed by atoms with van der Waals surface area (Å²) in [6.07, 6.45) is 0. The summed E-state index contributed by atoms with van der Waals surface area (Å²) < 4.78 is 15.5. The molecule has 0 atom stereocenters. The summed E-state index contributed by atoms with van der Waals surface area (Å²) >= 11 is 12.3. The summed E-state index contributed by atoms with van der Waals surface area (Å²) in [4.78, 5) is 17.2. The molecule has 0 bridgehead atoms. The van der Waals surface area contributed by atoms with Gasteiger partial charge in [-0.1, -0.05) is 41.4 Å². The minimum Gasteiger partial charge on any atom is -0.317 e. The monoisotopic (exact) mass is 440 g/mol. The van der Waals surface area contributed by atoms with Crippen LogP contribution in [0.3, 0.4) is 0 Å². The van der Waals surface area contributed by atoms with E-state index in [2.05, 4.69) is 15.4 Å². The number of nitrogens with zero attached hydrogens (tertiary/aromatic N) is 3. The molecule has 150 valence electrons. The van der Waals surface area contributed by atoms with E-state index in [1.807, 2.05) is 13.0 Å². The van der Waals surface area contributed by atoms with E-state index in [-0.39, 0.29) is 11.5 Å². The Kier molecular flexibility index (Phi) is 5.53. The van der Waals surface area contributed by atoms with E-state index in [9.17, 15) is 9.18 Å². The molecule has 0 saturated carbocycles. The molecule has 0 fully saturated rings. The van der Waals surface area contributed by atoms with Gasteiger partial charge in [0.1, 0.15) is 5.82 Å². The van der Waals surface area contributed by atoms with Crippen molar-refractivity contribution in [1.29, 1.82) is 0 Å². The van der Waals surface area contributed by atoms with Gasteiger partial charge in [-0.3, -0.25) is 4.79 Å². The average Bonchev–Trinajstić information content (AvgIpc) is 3.17. The van der Waals surface area contributed by atoms with Crippen molar-refractivity contribution >= 4 is 34.8 Å². The number of benzene rings is 3. The van der Waals surface area contributed by atoms with Crippen molar-refractivity contribution in [2.75, 3.05) is 5.32 Å². The lowest BCUT2D eigenvalue weighted by Crippen LogP contribution is -2.15. The van der Waals surface area contributed by atoms with Crippen molar-refractivity contribution < 1.29 is 9.18 Å². The first-order valence-corrected chi connectivity index (χ1v) is 9.74. The van der Waals surface area contributed by atoms with Crippen LogP contribution >= 0.6 is 23.2 Å². The third-order valence-electron chi connectivity index (χ3n) is 4.50. The normalized spacial score (nSPS) is 10.8. The number of anilines is 1. The Bertz CT molecular complexity index is 1240. The summed E-state index contributed by atoms with van der Waals surface area (Å²) in [7, 11) is 0. The van der Waals surface area contributed by atoms with Crippen LogP contribution in [0.1, 0.15) is 16.2 Å². The van der Waals surface area contributed by atoms with Gasteiger partial charge in [-0.2, -0.15) is 0 Å². The molecule has 1 N–H and O–H groups in total. The Morgan fingerprint density at radius 3 is 2.47 bits per heavy atom. The molecule has 0 aliphatic rings. The van der Waals surface area contributed by atoms with Gasteiger partial charge in [0.05, 0.1) is 11.4 Å². The first-order valence-electron chi connectivity index (χ1n) is 8.98. The molecule has 0 spiro atoms. The highest BCUT2D eigenvalue weighted by Crippen LogP contribution is 2.27. The van der Waals surface area contributed by atoms with Crippen LogP contribution in [0, 0.1) is 12.7 Å². The Hall–Kier alpha value is -3.22. The standard InChI is InChI=1S/C22H15Cl2FN4O/c1-13-16(24)5-4-8-19(13)29-21(14-9-11-15(23)12-10-14)27-20(28-29)22(30)26-18-7-3-2-6-17(18)25/h2-12H,1H3,(H,26,30). The van der Waals surface area contributed by atoms with Gasteiger partial charge >= 0.3 is 0 Å². The van der Waals surface area contributed by atoms with E-state index in [0.717, 1.165) is 5.56 Å². The summed E-state index contributed by atoms with van der Waals surface area (Å²) in [5.74, 6) is -0.860. The van der Waals surface area contributed by atoms with Crippen LogP contribution in [0.4, 0.5) is 10.1 Å². The molecular formula is C22H15Cl2FN4O. The number of nitrogens with one attached hydrogen (secondary N) is 1. The summed E-state index contributed by atoms with van der Waals surface area (Å²) in [5.41, 5.74) is 2.20. The number of amides is 1. The fourth-order valence-corrected chi connectivity index (χ4v) is 3.22. The quantitative estimate of drug-likeness (QED) is 0.426. The van der Waals surface area contributed by atoms with Crippen LogP contribution < -0.4 is 5.32 Å². The fraction of sp³-hybridized carbons (Fsp3) is 0.0455. The summed E-state index contributed by atoms with van der Waals surface area (Å²) in [6.45, 7) is 1.85. The van der Waals surface area contributed by atoms with Crippen molar-refractivity contribution in [1.82, 2.24) is 14.8 Å². The first-order chi connectivity index (χ1) is 14.4. The zero-order valence-corrected chi connectivity index (χ0v) is 17.2. The molecule has 30 heavy (non-hydrogen) atoms. The molecule has 4 rings (SSSR count). The third-order valence-corrected chi connectivity index (χ3v) is 5.16. The maximum absolute atomic E-state index is 13.9. The zero-order valence-electron chi connectivity index (χ0n) is 15.7. The minimum atomic E-state index is -0.631. The molecule has 1 aromatic heterocycles. The van der Waals surface area contributed by atoms with Crippen molar-refractivity contribution in [3.05, 3.63) is 94.0 Å². The van der Waals surface area contributed by atoms with Crippen LogP contribution in [-0.4, -0.2) is 20.7 Å². The largest absolute Gasteiger partial charge is 0.317 e. The molecule has 4 aromatic rings. The highest BCUT2D eigenvalue weighted by atomic mass is 35.5. The number of carbonyl (C=O) groups is 1. The molecule has 0 aliphatic heterocycles. The van der Waals surface area contributed by atoms with E-state index in [0.29, 0.717) is 27.1 Å². The molecule has 0 saturated heterocycles. The fourth-order valence-electron chi connectivity index (χ4n) is 2.93. The topological polar surface area (TPSA) is 59.8 Å². The smallest absolute Gasteiger partial charge is 0.295 e. The highest BCUT2D eigenvalue weighted by molar-refractivity contribution is 6.31. The Morgan fingerprint density at radius 1 is 1.00 bits per heavy atom. The second kappa shape index (κ2) is 8.26. The summed E-state index contributed by atoms with van der Waals surface area (Å²) in [5, 5.41) is 8.02. The van der Waals surface area contributed by atoms with Crippen molar-refractivity contribution in [3.8, 4) is 17.1 Å². The lowest BCUT2D eigenvalue weighted by atomic mass is 10.1. The Labute approximate surface area is 182 Å². The molecule has 0 radical (unpaired) electrons. The van der Waals surface area contributed by atoms with Gasteiger partial charge in [0.25, 0.3) is 5.91 Å². The van der Waals surface area contributed by atoms with Crippen molar-refractivity contribution in [2.45, 2.75) is 6.92 Å². The van der Waals surface area contributed by atoms with E-state index in [1.165, 1.54) is 12.1 Å². The van der Waals surface area contributed by atoms with Gasteiger partial charge in [-0.25, -0.2) is 14.1 Å². The maximum atomic E-state index is 13.9. The zero-order chi connectivity index (χ0) is 21.3. The number of aromatic nitrogens is 3. The number of halogens is 3. The van der Waals surface area contributed by atoms with Gasteiger partial charge in [0.15, 0.2) is 5.82 Å². The molecule has 5 nitrogen and oxygen atoms in total. The molecule has 1 amide bonds. The van der Waals surface area contributed by atoms with Crippen LogP contribution in [0.2, 0.25) is 10.0 Å². The van der Waals surface area contributed by atoms with Crippen molar-refractivity contribution in [3.63, 3.8) is 0 Å². The number of para-hydroxylation sites is 1. The van der Waals surface area contributed by atoms with E-state index >= 15 is 0 Å². The van der Waals surface area contributed by atoms with E-state index in [1.54, 1.807) is 53.2 Å². The maximum Gasteiger partial charge on any atom is 0.295 e. The van der Waals surface area contributed by atoms with Crippen molar-refractivity contribution in [2.24, 2.45) is 0 Å². The third kappa shape index (κ3) is 3.92. The Balaban J connectivity index is 1.81. The van der Waals surface area contributed by atoms with Crippen LogP contribution in [0.25, 0.3) is 17.1 Å². The first kappa shape index (κ1) is 20.1. The summed E-state index contributed by atoms with van der Waals surface area (Å²) in [6, 6.07) is 18.3. The predicted octanol–water partition coefficient (Wildman–Crippen LogP) is 5.94. The lowest BCUT2D eigenvalue weighted by Gasteiger charge is -2.10. The van der Waals surface area contributed by atoms with Gasteiger partial charge < -0.3 is 5.32 Å². The SMILES string of the molecule is Cc1c(Cl)cccc1-n1nc(C(=O)Nc2ccccc2F)nc1-c1ccc(Cl)cc1. The highest BCUT2D eigenvalue weighted by Gasteiger charge is 2.21. The lowest BCUT2D eigenvalue weighted by molar-refractivity contribution is 0.101. The molecule has 0 unspecified atom stereocenters. The second-order valence-corrected chi connectivity index (χ2v) is 7.34.